The van der Waals surface area contributed by atoms with E-state index in [-0.39, 0.29) is 0 Å². The zero-order valence-corrected chi connectivity index (χ0v) is 18.9. The van der Waals surface area contributed by atoms with Gasteiger partial charge in [0.25, 0.3) is 0 Å². The zero-order chi connectivity index (χ0) is 22.4. The average molecular weight is 424 g/mol. The summed E-state index contributed by atoms with van der Waals surface area (Å²) in [5.74, 6) is 0. The van der Waals surface area contributed by atoms with Gasteiger partial charge in [-0.25, -0.2) is 0 Å². The van der Waals surface area contributed by atoms with Crippen LogP contribution in [0.2, 0.25) is 0 Å². The van der Waals surface area contributed by atoms with E-state index < -0.39 is 0 Å². The molecular formula is C32H25N. The summed E-state index contributed by atoms with van der Waals surface area (Å²) in [4.78, 5) is 0. The van der Waals surface area contributed by atoms with Crippen LogP contribution < -0.4 is 0 Å². The van der Waals surface area contributed by atoms with Crippen LogP contribution in [0.3, 0.4) is 0 Å². The summed E-state index contributed by atoms with van der Waals surface area (Å²) in [7, 11) is 0. The third kappa shape index (κ3) is 3.25. The van der Waals surface area contributed by atoms with E-state index in [2.05, 4.69) is 134 Å². The standard InChI is InChI=1S/C32H25N/c1-22-10-3-4-13-27(22)28-19-18-25(20-23(28)2)24-11-9-12-26(21-24)33-31-16-7-5-14-29(31)30-15-6-8-17-32(30)33/h3-21H,1-2H3. The molecule has 158 valence electrons. The van der Waals surface area contributed by atoms with E-state index in [1.807, 2.05) is 0 Å². The predicted octanol–water partition coefficient (Wildman–Crippen LogP) is 8.73. The van der Waals surface area contributed by atoms with Crippen LogP contribution in [0, 0.1) is 13.8 Å². The van der Waals surface area contributed by atoms with E-state index in [9.17, 15) is 0 Å². The van der Waals surface area contributed by atoms with Gasteiger partial charge in [-0.05, 0) is 71.5 Å². The molecule has 0 radical (unpaired) electrons. The summed E-state index contributed by atoms with van der Waals surface area (Å²) in [5.41, 5.74) is 11.3. The van der Waals surface area contributed by atoms with Gasteiger partial charge in [-0.3, -0.25) is 0 Å². The monoisotopic (exact) mass is 423 g/mol. The van der Waals surface area contributed by atoms with E-state index in [1.54, 1.807) is 0 Å². The fraction of sp³-hybridized carbons (Fsp3) is 0.0625. The predicted molar refractivity (Wildman–Crippen MR) is 141 cm³/mol. The number of hydrogen-bond donors (Lipinski definition) is 0. The first kappa shape index (κ1) is 19.6. The highest BCUT2D eigenvalue weighted by Crippen LogP contribution is 2.34. The first-order valence-corrected chi connectivity index (χ1v) is 11.5. The Labute approximate surface area is 194 Å². The van der Waals surface area contributed by atoms with Crippen molar-refractivity contribution in [1.29, 1.82) is 0 Å². The van der Waals surface area contributed by atoms with Crippen molar-refractivity contribution in [3.05, 3.63) is 126 Å². The molecule has 0 N–H and O–H groups in total. The molecule has 0 saturated heterocycles. The maximum absolute atomic E-state index is 2.38. The molecule has 1 aromatic heterocycles. The Morgan fingerprint density at radius 2 is 1.06 bits per heavy atom. The Balaban J connectivity index is 1.49. The minimum atomic E-state index is 1.19. The minimum absolute atomic E-state index is 1.19. The van der Waals surface area contributed by atoms with E-state index in [4.69, 9.17) is 0 Å². The molecule has 5 aromatic carbocycles. The number of aromatic nitrogens is 1. The topological polar surface area (TPSA) is 4.93 Å². The molecule has 0 spiro atoms. The zero-order valence-electron chi connectivity index (χ0n) is 18.9. The Hall–Kier alpha value is -4.10. The van der Waals surface area contributed by atoms with Crippen molar-refractivity contribution < 1.29 is 0 Å². The van der Waals surface area contributed by atoms with Crippen molar-refractivity contribution in [2.75, 3.05) is 0 Å². The quantitative estimate of drug-likeness (QED) is 0.268. The van der Waals surface area contributed by atoms with Gasteiger partial charge in [0.2, 0.25) is 0 Å². The van der Waals surface area contributed by atoms with Crippen LogP contribution >= 0.6 is 0 Å². The van der Waals surface area contributed by atoms with Crippen LogP contribution in [0.15, 0.2) is 115 Å². The second-order valence-electron chi connectivity index (χ2n) is 8.76. The van der Waals surface area contributed by atoms with Gasteiger partial charge >= 0.3 is 0 Å². The Bertz CT molecular complexity index is 1580. The maximum Gasteiger partial charge on any atom is 0.0541 e. The highest BCUT2D eigenvalue weighted by atomic mass is 15.0. The molecule has 0 aliphatic carbocycles. The number of aryl methyl sites for hydroxylation is 2. The van der Waals surface area contributed by atoms with Crippen molar-refractivity contribution >= 4 is 21.8 Å². The fourth-order valence-electron chi connectivity index (χ4n) is 5.05. The van der Waals surface area contributed by atoms with Crippen molar-refractivity contribution in [2.45, 2.75) is 13.8 Å². The van der Waals surface area contributed by atoms with Gasteiger partial charge < -0.3 is 4.57 Å². The number of para-hydroxylation sites is 2. The van der Waals surface area contributed by atoms with Crippen LogP contribution in [0.25, 0.3) is 49.7 Å². The highest BCUT2D eigenvalue weighted by molar-refractivity contribution is 6.09. The van der Waals surface area contributed by atoms with Gasteiger partial charge in [0.1, 0.15) is 0 Å². The van der Waals surface area contributed by atoms with Gasteiger partial charge in [0.05, 0.1) is 11.0 Å². The van der Waals surface area contributed by atoms with Crippen LogP contribution in [-0.4, -0.2) is 4.57 Å². The molecule has 1 nitrogen and oxygen atoms in total. The molecule has 0 aliphatic rings. The van der Waals surface area contributed by atoms with E-state index in [1.165, 1.54) is 60.9 Å². The van der Waals surface area contributed by atoms with E-state index >= 15 is 0 Å². The lowest BCUT2D eigenvalue weighted by atomic mass is 9.93. The number of benzene rings is 5. The maximum atomic E-state index is 2.38. The molecule has 6 rings (SSSR count). The van der Waals surface area contributed by atoms with Crippen LogP contribution in [0.4, 0.5) is 0 Å². The summed E-state index contributed by atoms with van der Waals surface area (Å²) in [6.45, 7) is 4.39. The Kier molecular flexibility index (Phi) is 4.62. The number of fused-ring (bicyclic) bond motifs is 3. The van der Waals surface area contributed by atoms with Crippen molar-refractivity contribution in [2.24, 2.45) is 0 Å². The lowest BCUT2D eigenvalue weighted by Crippen LogP contribution is -1.94. The summed E-state index contributed by atoms with van der Waals surface area (Å²) in [5, 5.41) is 2.58. The van der Waals surface area contributed by atoms with Crippen molar-refractivity contribution in [1.82, 2.24) is 4.57 Å². The largest absolute Gasteiger partial charge is 0.309 e. The van der Waals surface area contributed by atoms with E-state index in [0.29, 0.717) is 0 Å². The van der Waals surface area contributed by atoms with E-state index in [0.717, 1.165) is 0 Å². The van der Waals surface area contributed by atoms with Crippen molar-refractivity contribution in [3.63, 3.8) is 0 Å². The molecule has 0 saturated carbocycles. The summed E-state index contributed by atoms with van der Waals surface area (Å²) < 4.78 is 2.38. The average Bonchev–Trinajstić information content (AvgIpc) is 3.19. The molecular weight excluding hydrogens is 398 g/mol. The molecule has 0 unspecified atom stereocenters. The first-order chi connectivity index (χ1) is 16.2. The van der Waals surface area contributed by atoms with Gasteiger partial charge in [-0.1, -0.05) is 91.0 Å². The Morgan fingerprint density at radius 3 is 1.76 bits per heavy atom. The lowest BCUT2D eigenvalue weighted by molar-refractivity contribution is 1.18. The third-order valence-corrected chi connectivity index (χ3v) is 6.68. The molecule has 0 atom stereocenters. The lowest BCUT2D eigenvalue weighted by Gasteiger charge is -2.13. The van der Waals surface area contributed by atoms with Crippen LogP contribution in [0.1, 0.15) is 11.1 Å². The minimum Gasteiger partial charge on any atom is -0.309 e. The van der Waals surface area contributed by atoms with Crippen LogP contribution in [0.5, 0.6) is 0 Å². The van der Waals surface area contributed by atoms with Crippen molar-refractivity contribution in [3.8, 4) is 27.9 Å². The molecule has 1 heteroatoms. The molecule has 0 aliphatic heterocycles. The second kappa shape index (κ2) is 7.79. The highest BCUT2D eigenvalue weighted by Gasteiger charge is 2.12. The normalized spacial score (nSPS) is 11.3. The van der Waals surface area contributed by atoms with Crippen LogP contribution in [-0.2, 0) is 0 Å². The number of rotatable bonds is 3. The second-order valence-corrected chi connectivity index (χ2v) is 8.76. The van der Waals surface area contributed by atoms with Gasteiger partial charge in [0, 0.05) is 16.5 Å². The van der Waals surface area contributed by atoms with Gasteiger partial charge in [-0.15, -0.1) is 0 Å². The SMILES string of the molecule is Cc1ccccc1-c1ccc(-c2cccc(-n3c4ccccc4c4ccccc43)c2)cc1C. The molecule has 33 heavy (non-hydrogen) atoms. The molecule has 6 aromatic rings. The smallest absolute Gasteiger partial charge is 0.0541 e. The third-order valence-electron chi connectivity index (χ3n) is 6.68. The molecule has 0 amide bonds. The summed E-state index contributed by atoms with van der Waals surface area (Å²) in [6.07, 6.45) is 0. The fourth-order valence-corrected chi connectivity index (χ4v) is 5.05. The number of hydrogen-bond acceptors (Lipinski definition) is 0. The summed E-state index contributed by atoms with van der Waals surface area (Å²) >= 11 is 0. The molecule has 0 bridgehead atoms. The Morgan fingerprint density at radius 1 is 0.455 bits per heavy atom. The summed E-state index contributed by atoms with van der Waals surface area (Å²) in [6, 6.07) is 41.6. The number of nitrogens with zero attached hydrogens (tertiary/aromatic N) is 1. The molecule has 1 heterocycles. The first-order valence-electron chi connectivity index (χ1n) is 11.5. The molecule has 0 fully saturated rings. The van der Waals surface area contributed by atoms with Gasteiger partial charge in [-0.2, -0.15) is 0 Å². The van der Waals surface area contributed by atoms with Gasteiger partial charge in [0.15, 0.2) is 0 Å².